The number of benzene rings is 2. The van der Waals surface area contributed by atoms with E-state index in [0.29, 0.717) is 11.1 Å². The first kappa shape index (κ1) is 53.3. The Morgan fingerprint density at radius 1 is 0.607 bits per heavy atom. The molecule has 22 N–H and O–H groups in total. The number of carbonyl (C=O) groups excluding carboxylic acids is 4. The van der Waals surface area contributed by atoms with E-state index in [1.807, 2.05) is 0 Å². The number of nitrogens with two attached hydrogens (primary N) is 2. The first-order chi connectivity index (χ1) is 23.3. The Balaban J connectivity index is 0. The van der Waals surface area contributed by atoms with Crippen LogP contribution in [0.1, 0.15) is 50.9 Å². The van der Waals surface area contributed by atoms with Gasteiger partial charge >= 0.3 is 11.9 Å². The highest BCUT2D eigenvalue weighted by molar-refractivity contribution is 8.02. The van der Waals surface area contributed by atoms with Gasteiger partial charge in [-0.25, -0.2) is 9.59 Å². The molecule has 4 saturated heterocycles. The lowest BCUT2D eigenvalue weighted by atomic mass is 9.95. The summed E-state index contributed by atoms with van der Waals surface area (Å²) >= 11 is 2.71. The monoisotopic (exact) mass is 838 g/mol. The third kappa shape index (κ3) is 9.60. The van der Waals surface area contributed by atoms with E-state index >= 15 is 0 Å². The van der Waals surface area contributed by atoms with Crippen LogP contribution in [-0.2, 0) is 28.8 Å². The lowest BCUT2D eigenvalue weighted by Gasteiger charge is -2.43. The number of rotatable bonds is 8. The molecule has 0 bridgehead atoms. The highest BCUT2D eigenvalue weighted by atomic mass is 32.2. The van der Waals surface area contributed by atoms with Crippen molar-refractivity contribution in [2.45, 2.75) is 84.2 Å². The van der Waals surface area contributed by atoms with Crippen LogP contribution >= 0.6 is 23.5 Å². The molecule has 0 aliphatic carbocycles. The number of hydrogen-bond donors (Lipinski definition) is 8. The van der Waals surface area contributed by atoms with Crippen molar-refractivity contribution in [3.8, 4) is 11.5 Å². The number of nitrogens with one attached hydrogen (secondary N) is 2. The van der Waals surface area contributed by atoms with Gasteiger partial charge in [-0.15, -0.1) is 23.5 Å². The smallest absolute Gasteiger partial charge is 0.327 e. The maximum atomic E-state index is 12.3. The van der Waals surface area contributed by atoms with Gasteiger partial charge in [0.2, 0.25) is 23.6 Å². The lowest BCUT2D eigenvalue weighted by molar-refractivity contribution is -0.161. The number of thioether (sulfide) groups is 2. The normalized spacial score (nSPS) is 25.0. The van der Waals surface area contributed by atoms with Crippen LogP contribution in [0.2, 0.25) is 0 Å². The standard InChI is InChI=1S/2C16H19N3O5S.6H2O/c2*1-16(2)11(15(23)24)19-13(22)10(14(19)25-16)18-12(21)9(17)7-3-5-8(20)6-4-7;;;;;;/h2*3-6,9-11,14,20H,17H2,1-2H3,(H,18,21)(H,23,24);6*1H2/t2*9?,10-,11+,14-;;;;;;/m11....../s1. The molecule has 0 saturated carbocycles. The van der Waals surface area contributed by atoms with Crippen LogP contribution in [0, 0.1) is 0 Å². The van der Waals surface area contributed by atoms with Crippen LogP contribution in [0.15, 0.2) is 48.5 Å². The first-order valence-electron chi connectivity index (χ1n) is 15.4. The maximum Gasteiger partial charge on any atom is 0.327 e. The van der Waals surface area contributed by atoms with Crippen LogP contribution in [0.4, 0.5) is 0 Å². The van der Waals surface area contributed by atoms with Crippen molar-refractivity contribution in [2.24, 2.45) is 11.5 Å². The number of nitrogens with zero attached hydrogens (tertiary/aromatic N) is 2. The molecule has 8 atom stereocenters. The summed E-state index contributed by atoms with van der Waals surface area (Å²) in [5.41, 5.74) is 12.8. The topological polar surface area (TPSA) is 455 Å². The molecule has 2 aromatic carbocycles. The quantitative estimate of drug-likeness (QED) is 0.116. The molecule has 2 aromatic rings. The molecule has 2 unspecified atom stereocenters. The second-order valence-electron chi connectivity index (χ2n) is 13.3. The number of carbonyl (C=O) groups is 6. The van der Waals surface area contributed by atoms with Crippen molar-refractivity contribution in [3.63, 3.8) is 0 Å². The van der Waals surface area contributed by atoms with Crippen molar-refractivity contribution in [2.75, 3.05) is 0 Å². The van der Waals surface area contributed by atoms with E-state index in [-0.39, 0.29) is 44.4 Å². The number of hydrogen-bond acceptors (Lipinski definition) is 12. The molecule has 4 fully saturated rings. The molecule has 0 aromatic heterocycles. The van der Waals surface area contributed by atoms with Crippen molar-refractivity contribution in [1.82, 2.24) is 20.4 Å². The predicted octanol–water partition coefficient (Wildman–Crippen LogP) is -4.90. The Bertz CT molecular complexity index is 1610. The summed E-state index contributed by atoms with van der Waals surface area (Å²) in [6, 6.07) is 6.41. The second kappa shape index (κ2) is 19.4. The Morgan fingerprint density at radius 2 is 0.875 bits per heavy atom. The summed E-state index contributed by atoms with van der Waals surface area (Å²) in [6.07, 6.45) is 0. The fourth-order valence-electron chi connectivity index (χ4n) is 6.44. The molecule has 4 amide bonds. The number of fused-ring (bicyclic) bond motifs is 2. The molecule has 316 valence electrons. The molecule has 56 heavy (non-hydrogen) atoms. The van der Waals surface area contributed by atoms with Crippen LogP contribution in [0.3, 0.4) is 0 Å². The Labute approximate surface area is 327 Å². The number of aromatic hydroxyl groups is 2. The second-order valence-corrected chi connectivity index (χ2v) is 16.8. The molecule has 0 radical (unpaired) electrons. The Morgan fingerprint density at radius 3 is 1.12 bits per heavy atom. The van der Waals surface area contributed by atoms with Crippen LogP contribution in [-0.4, -0.2) is 143 Å². The van der Waals surface area contributed by atoms with E-state index in [9.17, 15) is 49.2 Å². The Kier molecular flexibility index (Phi) is 18.5. The van der Waals surface area contributed by atoms with E-state index in [4.69, 9.17) is 11.5 Å². The van der Waals surface area contributed by atoms with E-state index in [1.54, 1.807) is 27.7 Å². The minimum absolute atomic E-state index is 0. The number of amides is 4. The van der Waals surface area contributed by atoms with Gasteiger partial charge in [-0.05, 0) is 63.1 Å². The van der Waals surface area contributed by atoms with Crippen LogP contribution < -0.4 is 22.1 Å². The third-order valence-corrected chi connectivity index (χ3v) is 12.2. The van der Waals surface area contributed by atoms with Gasteiger partial charge in [-0.2, -0.15) is 0 Å². The fraction of sp³-hybridized carbons (Fsp3) is 0.438. The van der Waals surface area contributed by atoms with Gasteiger partial charge in [-0.3, -0.25) is 19.2 Å². The zero-order chi connectivity index (χ0) is 37.0. The van der Waals surface area contributed by atoms with Gasteiger partial charge in [0.05, 0.1) is 0 Å². The molecular weight excluding hydrogens is 789 g/mol. The van der Waals surface area contributed by atoms with E-state index in [0.717, 1.165) is 0 Å². The maximum absolute atomic E-state index is 12.3. The summed E-state index contributed by atoms with van der Waals surface area (Å²) < 4.78 is -1.30. The van der Waals surface area contributed by atoms with Gasteiger partial charge in [0.15, 0.2) is 0 Å². The molecule has 4 heterocycles. The van der Waals surface area contributed by atoms with Crippen LogP contribution in [0.25, 0.3) is 0 Å². The molecule has 4 aliphatic heterocycles. The largest absolute Gasteiger partial charge is 0.508 e. The molecule has 22 nitrogen and oxygen atoms in total. The van der Waals surface area contributed by atoms with Crippen LogP contribution in [0.5, 0.6) is 11.5 Å². The predicted molar refractivity (Wildman–Crippen MR) is 203 cm³/mol. The zero-order valence-electron chi connectivity index (χ0n) is 30.3. The summed E-state index contributed by atoms with van der Waals surface area (Å²) in [6.45, 7) is 7.07. The number of phenolic OH excluding ortho intramolecular Hbond substituents is 2. The van der Waals surface area contributed by atoms with Gasteiger partial charge in [-0.1, -0.05) is 24.3 Å². The minimum atomic E-state index is -1.06. The SMILES string of the molecule is CC1(C)S[C@@H]2[C@H](NC(=O)C(N)c3ccc(O)cc3)C(=O)N2[C@H]1C(=O)O.CC1(C)S[C@@H]2[C@H](NC(=O)C(N)c3ccc(O)cc3)C(=O)N2[C@H]1C(=O)O.O.O.O.O.O.O. The summed E-state index contributed by atoms with van der Waals surface area (Å²) in [5.74, 6) is -3.88. The average molecular weight is 839 g/mol. The van der Waals surface area contributed by atoms with Gasteiger partial charge in [0, 0.05) is 9.49 Å². The number of carboxylic acids is 2. The minimum Gasteiger partial charge on any atom is -0.508 e. The van der Waals surface area contributed by atoms with E-state index in [1.165, 1.54) is 81.9 Å². The highest BCUT2D eigenvalue weighted by Gasteiger charge is 2.65. The van der Waals surface area contributed by atoms with Crippen molar-refractivity contribution < 1.29 is 82.1 Å². The van der Waals surface area contributed by atoms with E-state index < -0.39 is 92.1 Å². The lowest BCUT2D eigenvalue weighted by Crippen LogP contribution is -2.71. The van der Waals surface area contributed by atoms with Crippen molar-refractivity contribution in [3.05, 3.63) is 59.7 Å². The van der Waals surface area contributed by atoms with E-state index in [2.05, 4.69) is 10.6 Å². The number of phenols is 2. The van der Waals surface area contributed by atoms with Crippen molar-refractivity contribution >= 4 is 59.1 Å². The number of β-lactam (4-membered cyclic amide) rings is 2. The third-order valence-electron chi connectivity index (χ3n) is 9.01. The highest BCUT2D eigenvalue weighted by Crippen LogP contribution is 2.52. The summed E-state index contributed by atoms with van der Waals surface area (Å²) in [5, 5.41) is 41.7. The molecular formula is C32H50N6O16S2. The fourth-order valence-corrected chi connectivity index (χ4v) is 9.69. The summed E-state index contributed by atoms with van der Waals surface area (Å²) in [7, 11) is 0. The average Bonchev–Trinajstić information content (AvgIpc) is 3.47. The van der Waals surface area contributed by atoms with Gasteiger partial charge in [0.1, 0.15) is 58.5 Å². The molecule has 4 aliphatic rings. The molecule has 0 spiro atoms. The zero-order valence-corrected chi connectivity index (χ0v) is 32.0. The number of aliphatic carboxylic acids is 2. The van der Waals surface area contributed by atoms with Gasteiger partial charge in [0.25, 0.3) is 0 Å². The van der Waals surface area contributed by atoms with Crippen molar-refractivity contribution in [1.29, 1.82) is 0 Å². The molecule has 24 heteroatoms. The molecule has 6 rings (SSSR count). The Hall–Kier alpha value is -4.76. The summed E-state index contributed by atoms with van der Waals surface area (Å²) in [4.78, 5) is 74.9. The first-order valence-corrected chi connectivity index (χ1v) is 17.2. The number of carboxylic acid groups (broad SMARTS) is 2. The van der Waals surface area contributed by atoms with Gasteiger partial charge < -0.3 is 85.2 Å².